The first-order valence-corrected chi connectivity index (χ1v) is 4.24. The molecule has 14 heavy (non-hydrogen) atoms. The average molecular weight is 183 g/mol. The molecule has 0 aliphatic heterocycles. The number of rotatable bonds is 0. The van der Waals surface area contributed by atoms with Crippen molar-refractivity contribution in [2.45, 2.75) is 6.92 Å². The molecular formula is C11H9N3. The van der Waals surface area contributed by atoms with Crippen LogP contribution in [0.15, 0.2) is 24.4 Å². The summed E-state index contributed by atoms with van der Waals surface area (Å²) in [5.74, 6) is 0.516. The summed E-state index contributed by atoms with van der Waals surface area (Å²) in [7, 11) is 0. The zero-order valence-corrected chi connectivity index (χ0v) is 7.78. The van der Waals surface area contributed by atoms with Gasteiger partial charge in [0.1, 0.15) is 5.82 Å². The van der Waals surface area contributed by atoms with Gasteiger partial charge in [-0.25, -0.2) is 9.83 Å². The second-order valence-electron chi connectivity index (χ2n) is 3.17. The second-order valence-corrected chi connectivity index (χ2v) is 3.17. The summed E-state index contributed by atoms with van der Waals surface area (Å²) in [5, 5.41) is 1.88. The van der Waals surface area contributed by atoms with Gasteiger partial charge >= 0.3 is 0 Å². The fourth-order valence-electron chi connectivity index (χ4n) is 1.46. The molecule has 0 fully saturated rings. The van der Waals surface area contributed by atoms with E-state index in [1.807, 2.05) is 25.1 Å². The molecule has 0 unspecified atom stereocenters. The Hall–Kier alpha value is -2.08. The van der Waals surface area contributed by atoms with Crippen LogP contribution in [-0.2, 0) is 0 Å². The van der Waals surface area contributed by atoms with Gasteiger partial charge < -0.3 is 5.73 Å². The third kappa shape index (κ3) is 1.17. The molecule has 2 N–H and O–H groups in total. The van der Waals surface area contributed by atoms with Gasteiger partial charge in [-0.05, 0) is 30.0 Å². The Bertz CT molecular complexity index is 538. The van der Waals surface area contributed by atoms with Crippen LogP contribution in [0.2, 0.25) is 0 Å². The van der Waals surface area contributed by atoms with E-state index in [9.17, 15) is 0 Å². The summed E-state index contributed by atoms with van der Waals surface area (Å²) in [4.78, 5) is 7.44. The molecule has 3 heteroatoms. The number of anilines is 1. The predicted molar refractivity (Wildman–Crippen MR) is 57.2 cm³/mol. The van der Waals surface area contributed by atoms with Gasteiger partial charge in [0.15, 0.2) is 5.69 Å². The molecule has 0 atom stereocenters. The fraction of sp³-hybridized carbons (Fsp3) is 0.0909. The maximum Gasteiger partial charge on any atom is 0.190 e. The highest BCUT2D eigenvalue weighted by Crippen LogP contribution is 2.27. The van der Waals surface area contributed by atoms with E-state index in [1.54, 1.807) is 6.20 Å². The molecule has 2 aromatic rings. The van der Waals surface area contributed by atoms with Crippen molar-refractivity contribution in [3.8, 4) is 0 Å². The van der Waals surface area contributed by atoms with Crippen LogP contribution < -0.4 is 5.73 Å². The Kier molecular flexibility index (Phi) is 1.83. The van der Waals surface area contributed by atoms with E-state index in [0.717, 1.165) is 16.3 Å². The number of nitrogens with two attached hydrogens (primary N) is 1. The summed E-state index contributed by atoms with van der Waals surface area (Å²) in [5.41, 5.74) is 7.33. The first kappa shape index (κ1) is 8.52. The third-order valence-corrected chi connectivity index (χ3v) is 2.23. The maximum absolute atomic E-state index is 6.99. The second kappa shape index (κ2) is 3.00. The lowest BCUT2D eigenvalue weighted by Gasteiger charge is -2.03. The monoisotopic (exact) mass is 183 g/mol. The molecular weight excluding hydrogens is 174 g/mol. The number of aryl methyl sites for hydroxylation is 1. The highest BCUT2D eigenvalue weighted by molar-refractivity contribution is 5.94. The van der Waals surface area contributed by atoms with Gasteiger partial charge in [-0.2, -0.15) is 0 Å². The Labute approximate surface area is 82.0 Å². The first-order valence-electron chi connectivity index (χ1n) is 4.24. The standard InChI is InChI=1S/C11H9N3/c1-7-5-9-8(6-10(7)13-2)3-4-14-11(9)12/h3-6H,1H3,(H2,12,14). The molecule has 1 heterocycles. The molecule has 0 radical (unpaired) electrons. The maximum atomic E-state index is 6.99. The Balaban J connectivity index is 2.88. The lowest BCUT2D eigenvalue weighted by Crippen LogP contribution is -1.90. The van der Waals surface area contributed by atoms with Gasteiger partial charge in [0.2, 0.25) is 0 Å². The number of pyridine rings is 1. The average Bonchev–Trinajstić information content (AvgIpc) is 2.19. The van der Waals surface area contributed by atoms with Crippen LogP contribution in [0, 0.1) is 13.5 Å². The van der Waals surface area contributed by atoms with E-state index in [0.29, 0.717) is 11.5 Å². The molecule has 0 aliphatic rings. The van der Waals surface area contributed by atoms with Gasteiger partial charge in [0, 0.05) is 11.6 Å². The van der Waals surface area contributed by atoms with Crippen molar-refractivity contribution in [1.29, 1.82) is 0 Å². The van der Waals surface area contributed by atoms with Crippen LogP contribution in [0.4, 0.5) is 11.5 Å². The number of fused-ring (bicyclic) bond motifs is 1. The minimum Gasteiger partial charge on any atom is -0.383 e. The van der Waals surface area contributed by atoms with E-state index in [4.69, 9.17) is 12.3 Å². The Morgan fingerprint density at radius 3 is 2.93 bits per heavy atom. The molecule has 2 rings (SSSR count). The highest BCUT2D eigenvalue weighted by atomic mass is 14.8. The summed E-state index contributed by atoms with van der Waals surface area (Å²) < 4.78 is 0. The molecule has 0 saturated carbocycles. The summed E-state index contributed by atoms with van der Waals surface area (Å²) in [6.45, 7) is 8.89. The van der Waals surface area contributed by atoms with E-state index < -0.39 is 0 Å². The number of hydrogen-bond donors (Lipinski definition) is 1. The molecule has 0 spiro atoms. The van der Waals surface area contributed by atoms with Gasteiger partial charge in [-0.15, -0.1) is 0 Å². The lowest BCUT2D eigenvalue weighted by molar-refractivity contribution is 1.36. The first-order chi connectivity index (χ1) is 6.72. The molecule has 68 valence electrons. The van der Waals surface area contributed by atoms with Crippen LogP contribution >= 0.6 is 0 Å². The van der Waals surface area contributed by atoms with Crippen molar-refractivity contribution < 1.29 is 0 Å². The van der Waals surface area contributed by atoms with Gasteiger partial charge in [0.05, 0.1) is 6.57 Å². The normalized spacial score (nSPS) is 10.0. The Morgan fingerprint density at radius 1 is 1.43 bits per heavy atom. The van der Waals surface area contributed by atoms with Gasteiger partial charge in [-0.1, -0.05) is 6.07 Å². The fourth-order valence-corrected chi connectivity index (χ4v) is 1.46. The van der Waals surface area contributed by atoms with E-state index in [2.05, 4.69) is 9.83 Å². The third-order valence-electron chi connectivity index (χ3n) is 2.23. The van der Waals surface area contributed by atoms with Crippen LogP contribution in [0.25, 0.3) is 15.6 Å². The van der Waals surface area contributed by atoms with Crippen molar-refractivity contribution in [2.75, 3.05) is 5.73 Å². The molecule has 0 saturated heterocycles. The van der Waals surface area contributed by atoms with Gasteiger partial charge in [-0.3, -0.25) is 0 Å². The molecule has 3 nitrogen and oxygen atoms in total. The van der Waals surface area contributed by atoms with Crippen LogP contribution in [0.3, 0.4) is 0 Å². The molecule has 0 bridgehead atoms. The predicted octanol–water partition coefficient (Wildman–Crippen LogP) is 2.68. The zero-order valence-electron chi connectivity index (χ0n) is 7.78. The Morgan fingerprint density at radius 2 is 2.21 bits per heavy atom. The SMILES string of the molecule is [C-]#[N+]c1cc2ccnc(N)c2cc1C. The molecule has 0 amide bonds. The molecule has 1 aromatic heterocycles. The number of aromatic nitrogens is 1. The minimum atomic E-state index is 0.516. The van der Waals surface area contributed by atoms with Crippen molar-refractivity contribution in [2.24, 2.45) is 0 Å². The number of nitrogen functional groups attached to an aromatic ring is 1. The molecule has 0 aliphatic carbocycles. The quantitative estimate of drug-likeness (QED) is 0.638. The zero-order chi connectivity index (χ0) is 10.1. The largest absolute Gasteiger partial charge is 0.383 e. The van der Waals surface area contributed by atoms with E-state index in [-0.39, 0.29) is 0 Å². The van der Waals surface area contributed by atoms with Crippen molar-refractivity contribution in [3.63, 3.8) is 0 Å². The van der Waals surface area contributed by atoms with Crippen LogP contribution in [0.1, 0.15) is 5.56 Å². The van der Waals surface area contributed by atoms with Crippen molar-refractivity contribution >= 4 is 22.3 Å². The summed E-state index contributed by atoms with van der Waals surface area (Å²) in [6.07, 6.45) is 1.65. The highest BCUT2D eigenvalue weighted by Gasteiger charge is 2.03. The van der Waals surface area contributed by atoms with Crippen LogP contribution in [0.5, 0.6) is 0 Å². The number of nitrogens with zero attached hydrogens (tertiary/aromatic N) is 2. The van der Waals surface area contributed by atoms with Gasteiger partial charge in [0.25, 0.3) is 0 Å². The molecule has 1 aromatic carbocycles. The smallest absolute Gasteiger partial charge is 0.190 e. The lowest BCUT2D eigenvalue weighted by atomic mass is 10.1. The summed E-state index contributed by atoms with van der Waals surface area (Å²) >= 11 is 0. The minimum absolute atomic E-state index is 0.516. The number of hydrogen-bond acceptors (Lipinski definition) is 2. The van der Waals surface area contributed by atoms with E-state index >= 15 is 0 Å². The van der Waals surface area contributed by atoms with Crippen molar-refractivity contribution in [1.82, 2.24) is 4.98 Å². The van der Waals surface area contributed by atoms with E-state index in [1.165, 1.54) is 0 Å². The summed E-state index contributed by atoms with van der Waals surface area (Å²) in [6, 6.07) is 5.61. The van der Waals surface area contributed by atoms with Crippen LogP contribution in [-0.4, -0.2) is 4.98 Å². The van der Waals surface area contributed by atoms with Crippen molar-refractivity contribution in [3.05, 3.63) is 41.4 Å². The topological polar surface area (TPSA) is 43.3 Å². The number of benzene rings is 1.